The Bertz CT molecular complexity index is 769. The standard InChI is InChI=1S/C12H10BrN3S2/c1-7-2-3-9-11(14-7)16(12(17)15-9)6-10-8(13)4-5-18-10/h2-5H,6H2,1H3,(H,15,17). The van der Waals surface area contributed by atoms with Crippen molar-refractivity contribution in [3.8, 4) is 0 Å². The van der Waals surface area contributed by atoms with Crippen molar-refractivity contribution >= 4 is 50.6 Å². The molecular weight excluding hydrogens is 330 g/mol. The monoisotopic (exact) mass is 339 g/mol. The number of hydrogen-bond donors (Lipinski definition) is 1. The van der Waals surface area contributed by atoms with E-state index >= 15 is 0 Å². The van der Waals surface area contributed by atoms with Crippen molar-refractivity contribution in [3.63, 3.8) is 0 Å². The van der Waals surface area contributed by atoms with Gasteiger partial charge in [-0.1, -0.05) is 0 Å². The van der Waals surface area contributed by atoms with Crippen LogP contribution >= 0.6 is 39.5 Å². The molecule has 0 aliphatic rings. The molecule has 6 heteroatoms. The highest BCUT2D eigenvalue weighted by Gasteiger charge is 2.09. The molecule has 0 saturated heterocycles. The van der Waals surface area contributed by atoms with E-state index in [0.29, 0.717) is 4.77 Å². The molecule has 92 valence electrons. The van der Waals surface area contributed by atoms with Crippen molar-refractivity contribution in [1.82, 2.24) is 14.5 Å². The third-order valence-corrected chi connectivity index (χ3v) is 4.98. The summed E-state index contributed by atoms with van der Waals surface area (Å²) in [6.45, 7) is 2.73. The number of pyridine rings is 1. The van der Waals surface area contributed by atoms with E-state index in [4.69, 9.17) is 12.2 Å². The summed E-state index contributed by atoms with van der Waals surface area (Å²) in [4.78, 5) is 9.00. The molecule has 3 aromatic heterocycles. The van der Waals surface area contributed by atoms with E-state index in [2.05, 4.69) is 37.3 Å². The number of hydrogen-bond acceptors (Lipinski definition) is 3. The number of nitrogens with zero attached hydrogens (tertiary/aromatic N) is 2. The molecule has 0 amide bonds. The van der Waals surface area contributed by atoms with Crippen molar-refractivity contribution in [3.05, 3.63) is 43.4 Å². The molecular formula is C12H10BrN3S2. The van der Waals surface area contributed by atoms with Gasteiger partial charge in [-0.25, -0.2) is 4.98 Å². The van der Waals surface area contributed by atoms with Crippen LogP contribution in [0, 0.1) is 11.7 Å². The molecule has 0 fully saturated rings. The summed E-state index contributed by atoms with van der Waals surface area (Å²) in [5.41, 5.74) is 2.90. The zero-order valence-electron chi connectivity index (χ0n) is 9.61. The second kappa shape index (κ2) is 4.60. The van der Waals surface area contributed by atoms with Crippen LogP contribution in [-0.2, 0) is 6.54 Å². The highest BCUT2D eigenvalue weighted by atomic mass is 79.9. The van der Waals surface area contributed by atoms with Crippen LogP contribution in [0.3, 0.4) is 0 Å². The Morgan fingerprint density at radius 2 is 2.28 bits per heavy atom. The van der Waals surface area contributed by atoms with Crippen molar-refractivity contribution in [2.75, 3.05) is 0 Å². The van der Waals surface area contributed by atoms with E-state index in [1.54, 1.807) is 11.3 Å². The number of nitrogens with one attached hydrogen (secondary N) is 1. The SMILES string of the molecule is Cc1ccc2[nH]c(=S)n(Cc3sccc3Br)c2n1. The summed E-state index contributed by atoms with van der Waals surface area (Å²) in [7, 11) is 0. The van der Waals surface area contributed by atoms with Gasteiger partial charge in [0.1, 0.15) is 0 Å². The Balaban J connectivity index is 2.17. The van der Waals surface area contributed by atoms with Crippen LogP contribution in [0.25, 0.3) is 11.2 Å². The zero-order chi connectivity index (χ0) is 12.7. The van der Waals surface area contributed by atoms with Gasteiger partial charge in [0.05, 0.1) is 12.1 Å². The second-order valence-corrected chi connectivity index (χ2v) is 6.27. The summed E-state index contributed by atoms with van der Waals surface area (Å²) >= 11 is 10.6. The third-order valence-electron chi connectivity index (χ3n) is 2.75. The first-order chi connectivity index (χ1) is 8.65. The number of thiophene rings is 1. The number of rotatable bonds is 2. The van der Waals surface area contributed by atoms with Gasteiger partial charge >= 0.3 is 0 Å². The van der Waals surface area contributed by atoms with Gasteiger partial charge in [0.2, 0.25) is 0 Å². The van der Waals surface area contributed by atoms with Gasteiger partial charge in [0, 0.05) is 15.0 Å². The van der Waals surface area contributed by atoms with Crippen LogP contribution in [0.15, 0.2) is 28.1 Å². The maximum Gasteiger partial charge on any atom is 0.179 e. The van der Waals surface area contributed by atoms with Crippen LogP contribution in [0.1, 0.15) is 10.6 Å². The molecule has 3 rings (SSSR count). The molecule has 0 spiro atoms. The van der Waals surface area contributed by atoms with Crippen LogP contribution < -0.4 is 0 Å². The fraction of sp³-hybridized carbons (Fsp3) is 0.167. The summed E-state index contributed by atoms with van der Waals surface area (Å²) in [5, 5.41) is 2.07. The van der Waals surface area contributed by atoms with E-state index < -0.39 is 0 Å². The first-order valence-electron chi connectivity index (χ1n) is 5.43. The van der Waals surface area contributed by atoms with Crippen molar-refractivity contribution in [2.45, 2.75) is 13.5 Å². The molecule has 0 aliphatic heterocycles. The maximum absolute atomic E-state index is 5.37. The van der Waals surface area contributed by atoms with Gasteiger partial charge in [-0.3, -0.25) is 4.57 Å². The fourth-order valence-corrected chi connectivity index (χ4v) is 3.58. The van der Waals surface area contributed by atoms with Gasteiger partial charge in [0.25, 0.3) is 0 Å². The molecule has 3 heterocycles. The lowest BCUT2D eigenvalue weighted by Crippen LogP contribution is -2.00. The molecule has 1 N–H and O–H groups in total. The number of aryl methyl sites for hydroxylation is 1. The second-order valence-electron chi connectivity index (χ2n) is 4.03. The number of aromatic amines is 1. The molecule has 0 unspecified atom stereocenters. The minimum atomic E-state index is 0.711. The Hall–Kier alpha value is -0.980. The first kappa shape index (κ1) is 12.1. The highest BCUT2D eigenvalue weighted by Crippen LogP contribution is 2.25. The number of aromatic nitrogens is 3. The normalized spacial score (nSPS) is 11.2. The first-order valence-corrected chi connectivity index (χ1v) is 7.51. The van der Waals surface area contributed by atoms with Gasteiger partial charge in [-0.2, -0.15) is 0 Å². The molecule has 3 nitrogen and oxygen atoms in total. The minimum Gasteiger partial charge on any atom is -0.329 e. The predicted octanol–water partition coefficient (Wildman–Crippen LogP) is 4.27. The van der Waals surface area contributed by atoms with E-state index in [9.17, 15) is 0 Å². The van der Waals surface area contributed by atoms with Crippen molar-refractivity contribution in [1.29, 1.82) is 0 Å². The summed E-state index contributed by atoms with van der Waals surface area (Å²) in [6, 6.07) is 6.06. The summed E-state index contributed by atoms with van der Waals surface area (Å²) < 4.78 is 3.87. The smallest absolute Gasteiger partial charge is 0.179 e. The van der Waals surface area contributed by atoms with Gasteiger partial charge in [0.15, 0.2) is 10.4 Å². The fourth-order valence-electron chi connectivity index (χ4n) is 1.85. The molecule has 0 atom stereocenters. The molecule has 0 radical (unpaired) electrons. The average Bonchev–Trinajstić information content (AvgIpc) is 2.86. The van der Waals surface area contributed by atoms with Crippen LogP contribution in [-0.4, -0.2) is 14.5 Å². The van der Waals surface area contributed by atoms with Gasteiger partial charge in [-0.05, 0) is 58.7 Å². The van der Waals surface area contributed by atoms with Crippen molar-refractivity contribution in [2.24, 2.45) is 0 Å². The largest absolute Gasteiger partial charge is 0.329 e. The summed E-state index contributed by atoms with van der Waals surface area (Å²) in [6.07, 6.45) is 0. The average molecular weight is 340 g/mol. The topological polar surface area (TPSA) is 33.6 Å². The van der Waals surface area contributed by atoms with Gasteiger partial charge < -0.3 is 4.98 Å². The van der Waals surface area contributed by atoms with E-state index in [0.717, 1.165) is 27.9 Å². The minimum absolute atomic E-state index is 0.711. The lowest BCUT2D eigenvalue weighted by molar-refractivity contribution is 0.809. The molecule has 0 aliphatic carbocycles. The van der Waals surface area contributed by atoms with Crippen LogP contribution in [0.2, 0.25) is 0 Å². The van der Waals surface area contributed by atoms with E-state index in [1.807, 2.05) is 23.6 Å². The number of fused-ring (bicyclic) bond motifs is 1. The lowest BCUT2D eigenvalue weighted by atomic mass is 10.3. The number of halogens is 1. The number of H-pyrrole nitrogens is 1. The highest BCUT2D eigenvalue weighted by molar-refractivity contribution is 9.10. The zero-order valence-corrected chi connectivity index (χ0v) is 12.8. The lowest BCUT2D eigenvalue weighted by Gasteiger charge is -2.03. The molecule has 3 aromatic rings. The van der Waals surface area contributed by atoms with Crippen LogP contribution in [0.5, 0.6) is 0 Å². The Morgan fingerprint density at radius 1 is 1.44 bits per heavy atom. The quantitative estimate of drug-likeness (QED) is 0.707. The van der Waals surface area contributed by atoms with Crippen molar-refractivity contribution < 1.29 is 0 Å². The van der Waals surface area contributed by atoms with Crippen LogP contribution in [0.4, 0.5) is 0 Å². The third kappa shape index (κ3) is 2.04. The Labute approximate surface area is 122 Å². The van der Waals surface area contributed by atoms with E-state index in [1.165, 1.54) is 4.88 Å². The predicted molar refractivity (Wildman–Crippen MR) is 80.8 cm³/mol. The Morgan fingerprint density at radius 3 is 3.00 bits per heavy atom. The molecule has 0 aromatic carbocycles. The number of imidazole rings is 1. The Kier molecular flexibility index (Phi) is 3.09. The molecule has 0 bridgehead atoms. The molecule has 18 heavy (non-hydrogen) atoms. The molecule has 0 saturated carbocycles. The van der Waals surface area contributed by atoms with E-state index in [-0.39, 0.29) is 0 Å². The summed E-state index contributed by atoms with van der Waals surface area (Å²) in [5.74, 6) is 0. The maximum atomic E-state index is 5.37. The van der Waals surface area contributed by atoms with Gasteiger partial charge in [-0.15, -0.1) is 11.3 Å².